The Morgan fingerprint density at radius 1 is 1.23 bits per heavy atom. The molecule has 1 aliphatic heterocycles. The fourth-order valence-electron chi connectivity index (χ4n) is 3.35. The molecule has 31 heavy (non-hydrogen) atoms. The predicted octanol–water partition coefficient (Wildman–Crippen LogP) is 3.94. The molecule has 1 aromatic heterocycles. The van der Waals surface area contributed by atoms with Crippen LogP contribution in [0.1, 0.15) is 43.1 Å². The van der Waals surface area contributed by atoms with E-state index < -0.39 is 0 Å². The van der Waals surface area contributed by atoms with Gasteiger partial charge in [0.25, 0.3) is 0 Å². The van der Waals surface area contributed by atoms with Crippen LogP contribution in [0.4, 0.5) is 4.39 Å². The Labute approximate surface area is 205 Å². The molecule has 0 bridgehead atoms. The van der Waals surface area contributed by atoms with Gasteiger partial charge in [-0.25, -0.2) is 9.37 Å². The van der Waals surface area contributed by atoms with Gasteiger partial charge < -0.3 is 15.4 Å². The highest BCUT2D eigenvalue weighted by Crippen LogP contribution is 2.25. The van der Waals surface area contributed by atoms with Gasteiger partial charge in [0.05, 0.1) is 36.5 Å². The molecular formula is C22H33FIN5OS. The van der Waals surface area contributed by atoms with E-state index in [1.54, 1.807) is 18.4 Å². The summed E-state index contributed by atoms with van der Waals surface area (Å²) < 4.78 is 18.9. The summed E-state index contributed by atoms with van der Waals surface area (Å²) in [4.78, 5) is 11.4. The molecule has 0 aliphatic carbocycles. The number of rotatable bonds is 6. The van der Waals surface area contributed by atoms with Crippen LogP contribution in [-0.2, 0) is 16.7 Å². The minimum Gasteiger partial charge on any atom is -0.379 e. The third kappa shape index (κ3) is 7.65. The number of thiazole rings is 1. The van der Waals surface area contributed by atoms with Crippen molar-refractivity contribution in [1.29, 1.82) is 0 Å². The second kappa shape index (κ2) is 12.1. The minimum atomic E-state index is -0.220. The molecule has 3 rings (SSSR count). The topological polar surface area (TPSA) is 61.8 Å². The highest BCUT2D eigenvalue weighted by atomic mass is 127. The van der Waals surface area contributed by atoms with Crippen molar-refractivity contribution in [2.75, 3.05) is 39.9 Å². The first-order valence-electron chi connectivity index (χ1n) is 10.3. The number of aliphatic imine (C=N–C) groups is 1. The molecule has 1 atom stereocenters. The van der Waals surface area contributed by atoms with Crippen LogP contribution in [0.3, 0.4) is 0 Å². The van der Waals surface area contributed by atoms with Gasteiger partial charge in [0.1, 0.15) is 5.82 Å². The molecule has 2 aromatic rings. The molecule has 2 heterocycles. The van der Waals surface area contributed by atoms with Crippen molar-refractivity contribution in [3.63, 3.8) is 0 Å². The van der Waals surface area contributed by atoms with Gasteiger partial charge in [-0.05, 0) is 17.7 Å². The summed E-state index contributed by atoms with van der Waals surface area (Å²) in [7, 11) is 1.76. The summed E-state index contributed by atoms with van der Waals surface area (Å²) in [6, 6.07) is 6.86. The average Bonchev–Trinajstić information content (AvgIpc) is 3.22. The van der Waals surface area contributed by atoms with Crippen LogP contribution in [-0.4, -0.2) is 55.7 Å². The maximum absolute atomic E-state index is 13.4. The molecule has 9 heteroatoms. The standard InChI is InChI=1S/C22H32FN5OS.HI/c1-22(2,3)20-27-18(15-30-20)13-25-21(24-4)26-14-19(28-9-11-29-12-10-28)16-5-7-17(23)8-6-16;/h5-8,15,19H,9-14H2,1-4H3,(H2,24,25,26);1H. The first-order chi connectivity index (χ1) is 14.4. The van der Waals surface area contributed by atoms with E-state index in [4.69, 9.17) is 9.72 Å². The number of guanidine groups is 1. The summed E-state index contributed by atoms with van der Waals surface area (Å²) in [6.45, 7) is 10.9. The zero-order valence-corrected chi connectivity index (χ0v) is 21.8. The molecule has 1 aliphatic rings. The largest absolute Gasteiger partial charge is 0.379 e. The lowest BCUT2D eigenvalue weighted by Gasteiger charge is -2.35. The lowest BCUT2D eigenvalue weighted by Crippen LogP contribution is -2.46. The van der Waals surface area contributed by atoms with Crippen LogP contribution < -0.4 is 10.6 Å². The SMILES string of the molecule is CN=C(NCc1csc(C(C)(C)C)n1)NCC(c1ccc(F)cc1)N1CCOCC1.I. The van der Waals surface area contributed by atoms with E-state index in [9.17, 15) is 4.39 Å². The molecule has 0 amide bonds. The van der Waals surface area contributed by atoms with Gasteiger partial charge in [0.15, 0.2) is 5.96 Å². The van der Waals surface area contributed by atoms with E-state index in [1.807, 2.05) is 12.1 Å². The van der Waals surface area contributed by atoms with Crippen molar-refractivity contribution in [2.45, 2.75) is 38.8 Å². The summed E-state index contributed by atoms with van der Waals surface area (Å²) in [5.74, 6) is 0.503. The number of aromatic nitrogens is 1. The van der Waals surface area contributed by atoms with Crippen LogP contribution in [0.2, 0.25) is 0 Å². The molecule has 6 nitrogen and oxygen atoms in total. The van der Waals surface area contributed by atoms with Crippen LogP contribution in [0.25, 0.3) is 0 Å². The average molecular weight is 562 g/mol. The second-order valence-electron chi connectivity index (χ2n) is 8.42. The zero-order valence-electron chi connectivity index (χ0n) is 18.7. The first kappa shape index (κ1) is 26.0. The summed E-state index contributed by atoms with van der Waals surface area (Å²) in [5.41, 5.74) is 2.15. The van der Waals surface area contributed by atoms with Crippen molar-refractivity contribution < 1.29 is 9.13 Å². The molecule has 172 valence electrons. The minimum absolute atomic E-state index is 0. The van der Waals surface area contributed by atoms with Crippen molar-refractivity contribution in [3.8, 4) is 0 Å². The van der Waals surface area contributed by atoms with Gasteiger partial charge in [-0.15, -0.1) is 35.3 Å². The fourth-order valence-corrected chi connectivity index (χ4v) is 4.26. The van der Waals surface area contributed by atoms with Crippen LogP contribution >= 0.6 is 35.3 Å². The van der Waals surface area contributed by atoms with E-state index in [-0.39, 0.29) is 41.3 Å². The second-order valence-corrected chi connectivity index (χ2v) is 9.27. The Balaban J connectivity index is 0.00000341. The third-order valence-corrected chi connectivity index (χ3v) is 6.37. The van der Waals surface area contributed by atoms with Gasteiger partial charge in [-0.2, -0.15) is 0 Å². The molecule has 0 spiro atoms. The lowest BCUT2D eigenvalue weighted by atomic mass is 9.98. The fraction of sp³-hybridized carbons (Fsp3) is 0.545. The maximum Gasteiger partial charge on any atom is 0.191 e. The van der Waals surface area contributed by atoms with Crippen molar-refractivity contribution in [3.05, 3.63) is 51.7 Å². The van der Waals surface area contributed by atoms with E-state index in [0.717, 1.165) is 35.3 Å². The quantitative estimate of drug-likeness (QED) is 0.318. The van der Waals surface area contributed by atoms with Crippen molar-refractivity contribution in [1.82, 2.24) is 20.5 Å². The number of halogens is 2. The van der Waals surface area contributed by atoms with Crippen molar-refractivity contribution in [2.24, 2.45) is 4.99 Å². The number of nitrogens with zero attached hydrogens (tertiary/aromatic N) is 3. The smallest absolute Gasteiger partial charge is 0.191 e. The summed E-state index contributed by atoms with van der Waals surface area (Å²) >= 11 is 1.69. The van der Waals surface area contributed by atoms with Crippen LogP contribution in [0.5, 0.6) is 0 Å². The van der Waals surface area contributed by atoms with Gasteiger partial charge in [-0.1, -0.05) is 32.9 Å². The number of benzene rings is 1. The number of morpholine rings is 1. The maximum atomic E-state index is 13.4. The number of ether oxygens (including phenoxy) is 1. The summed E-state index contributed by atoms with van der Waals surface area (Å²) in [6.07, 6.45) is 0. The molecule has 1 aromatic carbocycles. The molecule has 2 N–H and O–H groups in total. The molecule has 0 saturated carbocycles. The monoisotopic (exact) mass is 561 g/mol. The highest BCUT2D eigenvalue weighted by Gasteiger charge is 2.23. The van der Waals surface area contributed by atoms with Crippen LogP contribution in [0.15, 0.2) is 34.6 Å². The molecule has 1 fully saturated rings. The Kier molecular flexibility index (Phi) is 10.1. The highest BCUT2D eigenvalue weighted by molar-refractivity contribution is 14.0. The Bertz CT molecular complexity index is 831. The van der Waals surface area contributed by atoms with Gasteiger partial charge in [0, 0.05) is 37.5 Å². The number of hydrogen-bond donors (Lipinski definition) is 2. The Hall–Kier alpha value is -1.30. The zero-order chi connectivity index (χ0) is 21.6. The molecule has 0 radical (unpaired) electrons. The van der Waals surface area contributed by atoms with E-state index in [0.29, 0.717) is 26.3 Å². The number of nitrogens with one attached hydrogen (secondary N) is 2. The lowest BCUT2D eigenvalue weighted by molar-refractivity contribution is 0.0170. The van der Waals surface area contributed by atoms with E-state index in [1.165, 1.54) is 12.1 Å². The van der Waals surface area contributed by atoms with E-state index >= 15 is 0 Å². The normalized spacial score (nSPS) is 16.5. The van der Waals surface area contributed by atoms with Gasteiger partial charge >= 0.3 is 0 Å². The molecule has 1 unspecified atom stereocenters. The van der Waals surface area contributed by atoms with Gasteiger partial charge in [0.2, 0.25) is 0 Å². The first-order valence-corrected chi connectivity index (χ1v) is 11.2. The molecule has 1 saturated heterocycles. The van der Waals surface area contributed by atoms with Crippen molar-refractivity contribution >= 4 is 41.3 Å². The van der Waals surface area contributed by atoms with E-state index in [2.05, 4.69) is 46.7 Å². The predicted molar refractivity (Wildman–Crippen MR) is 136 cm³/mol. The van der Waals surface area contributed by atoms with Crippen LogP contribution in [0, 0.1) is 5.82 Å². The Morgan fingerprint density at radius 3 is 2.48 bits per heavy atom. The van der Waals surface area contributed by atoms with Gasteiger partial charge in [-0.3, -0.25) is 9.89 Å². The Morgan fingerprint density at radius 2 is 1.90 bits per heavy atom. The third-order valence-electron chi connectivity index (χ3n) is 5.06. The molecular weight excluding hydrogens is 528 g/mol. The summed E-state index contributed by atoms with van der Waals surface area (Å²) in [5, 5.41) is 10.00. The number of hydrogen-bond acceptors (Lipinski definition) is 5.